The first-order valence-electron chi connectivity index (χ1n) is 11.3. The van der Waals surface area contributed by atoms with Crippen LogP contribution in [0.3, 0.4) is 0 Å². The summed E-state index contributed by atoms with van der Waals surface area (Å²) in [7, 11) is 0. The second-order valence-electron chi connectivity index (χ2n) is 7.83. The third-order valence-electron chi connectivity index (χ3n) is 5.33. The molecule has 2 heterocycles. The number of imidazole rings is 1. The van der Waals surface area contributed by atoms with E-state index in [-0.39, 0.29) is 11.7 Å². The van der Waals surface area contributed by atoms with Crippen LogP contribution in [0, 0.1) is 6.92 Å². The zero-order valence-electron chi connectivity index (χ0n) is 19.6. The lowest BCUT2D eigenvalue weighted by Gasteiger charge is -2.12. The third-order valence-corrected chi connectivity index (χ3v) is 5.33. The number of alkyl halides is 2. The highest BCUT2D eigenvalue weighted by atomic mass is 19.3. The number of aryl methyl sites for hydroxylation is 1. The first-order valence-corrected chi connectivity index (χ1v) is 11.3. The van der Waals surface area contributed by atoms with Crippen LogP contribution >= 0.6 is 0 Å². The number of amides is 1. The number of benzene rings is 2. The number of aromatic nitrogens is 3. The van der Waals surface area contributed by atoms with Gasteiger partial charge in [-0.25, -0.2) is 9.97 Å². The lowest BCUT2D eigenvalue weighted by molar-refractivity contribution is -0.0498. The van der Waals surface area contributed by atoms with Gasteiger partial charge in [0, 0.05) is 42.3 Å². The molecule has 4 N–H and O–H groups in total. The van der Waals surface area contributed by atoms with Crippen LogP contribution in [-0.4, -0.2) is 53.2 Å². The maximum absolute atomic E-state index is 12.5. The predicted octanol–water partition coefficient (Wildman–Crippen LogP) is 3.75. The molecule has 9 nitrogen and oxygen atoms in total. The molecule has 0 radical (unpaired) electrons. The van der Waals surface area contributed by atoms with Crippen LogP contribution in [-0.2, 0) is 4.74 Å². The molecule has 0 atom stereocenters. The van der Waals surface area contributed by atoms with Crippen LogP contribution in [0.5, 0.6) is 5.75 Å². The molecular formula is C25H26F2N6O3. The lowest BCUT2D eigenvalue weighted by Crippen LogP contribution is -2.28. The van der Waals surface area contributed by atoms with Crippen molar-refractivity contribution in [2.45, 2.75) is 13.5 Å². The first-order chi connectivity index (χ1) is 17.5. The molecule has 0 aliphatic rings. The van der Waals surface area contributed by atoms with Gasteiger partial charge < -0.3 is 25.8 Å². The lowest BCUT2D eigenvalue weighted by atomic mass is 10.1. The number of nitrogens with zero attached hydrogens (tertiary/aromatic N) is 3. The van der Waals surface area contributed by atoms with Gasteiger partial charge in [-0.2, -0.15) is 8.78 Å². The van der Waals surface area contributed by atoms with Gasteiger partial charge in [-0.3, -0.25) is 9.20 Å². The highest BCUT2D eigenvalue weighted by molar-refractivity contribution is 5.96. The van der Waals surface area contributed by atoms with Crippen LogP contribution in [0.2, 0.25) is 0 Å². The highest BCUT2D eigenvalue weighted by Gasteiger charge is 2.13. The number of nitrogens with one attached hydrogen (secondary N) is 2. The average molecular weight is 497 g/mol. The number of hydrogen-bond donors (Lipinski definition) is 3. The zero-order chi connectivity index (χ0) is 25.5. The maximum Gasteiger partial charge on any atom is 0.387 e. The van der Waals surface area contributed by atoms with Crippen molar-refractivity contribution in [2.24, 2.45) is 5.73 Å². The summed E-state index contributed by atoms with van der Waals surface area (Å²) in [5.74, 6) is 0.424. The summed E-state index contributed by atoms with van der Waals surface area (Å²) in [6.07, 6.45) is 5.08. The fourth-order valence-electron chi connectivity index (χ4n) is 3.68. The topological polar surface area (TPSA) is 116 Å². The molecule has 0 unspecified atom stereocenters. The average Bonchev–Trinajstić information content (AvgIpc) is 3.29. The summed E-state index contributed by atoms with van der Waals surface area (Å²) in [5.41, 5.74) is 9.60. The molecule has 0 aliphatic heterocycles. The second kappa shape index (κ2) is 11.6. The van der Waals surface area contributed by atoms with Crippen LogP contribution in [0.15, 0.2) is 61.1 Å². The molecule has 0 spiro atoms. The number of halogens is 2. The zero-order valence-corrected chi connectivity index (χ0v) is 19.6. The fourth-order valence-corrected chi connectivity index (χ4v) is 3.68. The SMILES string of the molecule is Cc1cc(Nc2nccn3c(-c4ccc(OC(F)F)cc4)cnc23)ccc1C(=O)NCCOCCN. The number of nitrogens with two attached hydrogens (primary N) is 1. The monoisotopic (exact) mass is 496 g/mol. The Labute approximate surface area is 206 Å². The summed E-state index contributed by atoms with van der Waals surface area (Å²) >= 11 is 0. The van der Waals surface area contributed by atoms with Crippen molar-refractivity contribution < 1.29 is 23.0 Å². The molecular weight excluding hydrogens is 470 g/mol. The number of ether oxygens (including phenoxy) is 2. The van der Waals surface area contributed by atoms with Gasteiger partial charge in [0.1, 0.15) is 5.75 Å². The van der Waals surface area contributed by atoms with Crippen LogP contribution in [0.1, 0.15) is 15.9 Å². The number of fused-ring (bicyclic) bond motifs is 1. The van der Waals surface area contributed by atoms with Gasteiger partial charge in [0.2, 0.25) is 0 Å². The number of carbonyl (C=O) groups excluding carboxylic acids is 1. The van der Waals surface area contributed by atoms with Gasteiger partial charge in [-0.05, 0) is 55.0 Å². The molecule has 4 rings (SSSR count). The van der Waals surface area contributed by atoms with Crippen molar-refractivity contribution in [3.05, 3.63) is 72.2 Å². The van der Waals surface area contributed by atoms with E-state index in [1.807, 2.05) is 17.4 Å². The normalized spacial score (nSPS) is 11.1. The van der Waals surface area contributed by atoms with Crippen molar-refractivity contribution in [1.82, 2.24) is 19.7 Å². The minimum absolute atomic E-state index is 0.0824. The molecule has 2 aromatic carbocycles. The van der Waals surface area contributed by atoms with E-state index >= 15 is 0 Å². The Balaban J connectivity index is 1.48. The summed E-state index contributed by atoms with van der Waals surface area (Å²) in [4.78, 5) is 21.4. The molecule has 0 saturated carbocycles. The van der Waals surface area contributed by atoms with E-state index in [1.165, 1.54) is 12.1 Å². The Morgan fingerprint density at radius 3 is 2.67 bits per heavy atom. The second-order valence-corrected chi connectivity index (χ2v) is 7.83. The molecule has 0 bridgehead atoms. The Kier molecular flexibility index (Phi) is 8.03. The first kappa shape index (κ1) is 25.0. The van der Waals surface area contributed by atoms with Gasteiger partial charge in [0.15, 0.2) is 11.5 Å². The van der Waals surface area contributed by atoms with E-state index in [0.29, 0.717) is 43.3 Å². The quantitative estimate of drug-likeness (QED) is 0.271. The largest absolute Gasteiger partial charge is 0.435 e. The predicted molar refractivity (Wildman–Crippen MR) is 132 cm³/mol. The summed E-state index contributed by atoms with van der Waals surface area (Å²) in [6, 6.07) is 11.7. The van der Waals surface area contributed by atoms with Gasteiger partial charge in [0.25, 0.3) is 5.91 Å². The minimum atomic E-state index is -2.88. The molecule has 36 heavy (non-hydrogen) atoms. The number of carbonyl (C=O) groups is 1. The molecule has 2 aromatic heterocycles. The van der Waals surface area contributed by atoms with Crippen molar-refractivity contribution >= 4 is 23.1 Å². The Morgan fingerprint density at radius 1 is 1.14 bits per heavy atom. The van der Waals surface area contributed by atoms with E-state index in [9.17, 15) is 13.6 Å². The van der Waals surface area contributed by atoms with Crippen LogP contribution < -0.4 is 21.1 Å². The standard InChI is InChI=1S/C25H26F2N6O3/c1-16-14-18(4-7-20(16)24(34)30-10-13-35-12-8-28)32-22-23-31-15-21(33(23)11-9-29-22)17-2-5-19(6-3-17)36-25(26)27/h2-7,9,11,14-15,25H,8,10,12-13,28H2,1H3,(H,29,32)(H,30,34). The minimum Gasteiger partial charge on any atom is -0.435 e. The van der Waals surface area contributed by atoms with Crippen molar-refractivity contribution in [1.29, 1.82) is 0 Å². The molecule has 0 fully saturated rings. The number of hydrogen-bond acceptors (Lipinski definition) is 7. The van der Waals surface area contributed by atoms with Crippen molar-refractivity contribution in [3.8, 4) is 17.0 Å². The fraction of sp³-hybridized carbons (Fsp3) is 0.240. The van der Waals surface area contributed by atoms with E-state index in [1.54, 1.807) is 42.9 Å². The Bertz CT molecular complexity index is 1330. The molecule has 188 valence electrons. The number of anilines is 2. The third kappa shape index (κ3) is 5.93. The van der Waals surface area contributed by atoms with E-state index in [4.69, 9.17) is 10.5 Å². The molecule has 0 aliphatic carbocycles. The maximum atomic E-state index is 12.5. The van der Waals surface area contributed by atoms with Gasteiger partial charge in [-0.1, -0.05) is 0 Å². The smallest absolute Gasteiger partial charge is 0.387 e. The molecule has 4 aromatic rings. The number of rotatable bonds is 11. The molecule has 11 heteroatoms. The van der Waals surface area contributed by atoms with E-state index in [2.05, 4.69) is 25.3 Å². The summed E-state index contributed by atoms with van der Waals surface area (Å²) in [5, 5.41) is 6.08. The van der Waals surface area contributed by atoms with E-state index in [0.717, 1.165) is 22.5 Å². The molecule has 0 saturated heterocycles. The Morgan fingerprint density at radius 2 is 1.94 bits per heavy atom. The van der Waals surface area contributed by atoms with Gasteiger partial charge >= 0.3 is 6.61 Å². The van der Waals surface area contributed by atoms with Crippen LogP contribution in [0.25, 0.3) is 16.9 Å². The van der Waals surface area contributed by atoms with Crippen molar-refractivity contribution in [3.63, 3.8) is 0 Å². The van der Waals surface area contributed by atoms with Gasteiger partial charge in [-0.15, -0.1) is 0 Å². The summed E-state index contributed by atoms with van der Waals surface area (Å²) in [6.45, 7) is 0.673. The summed E-state index contributed by atoms with van der Waals surface area (Å²) < 4.78 is 36.4. The van der Waals surface area contributed by atoms with E-state index < -0.39 is 6.61 Å². The van der Waals surface area contributed by atoms with Crippen LogP contribution in [0.4, 0.5) is 20.3 Å². The van der Waals surface area contributed by atoms with Gasteiger partial charge in [0.05, 0.1) is 25.1 Å². The Hall–Kier alpha value is -4.09. The highest BCUT2D eigenvalue weighted by Crippen LogP contribution is 2.27. The van der Waals surface area contributed by atoms with Crippen molar-refractivity contribution in [2.75, 3.05) is 31.6 Å². The molecule has 1 amide bonds.